The van der Waals surface area contributed by atoms with E-state index >= 15 is 0 Å². The van der Waals surface area contributed by atoms with Crippen LogP contribution >= 0.6 is 0 Å². The van der Waals surface area contributed by atoms with Gasteiger partial charge >= 0.3 is 12.6 Å². The average Bonchev–Trinajstić information content (AvgIpc) is 2.42. The van der Waals surface area contributed by atoms with Crippen molar-refractivity contribution >= 4 is 6.03 Å². The fourth-order valence-electron chi connectivity index (χ4n) is 2.22. The van der Waals surface area contributed by atoms with Crippen LogP contribution in [0, 0.1) is 5.92 Å². The number of urea groups is 1. The van der Waals surface area contributed by atoms with E-state index in [1.807, 2.05) is 0 Å². The van der Waals surface area contributed by atoms with Crippen molar-refractivity contribution in [3.8, 4) is 5.88 Å². The number of nitrogens with zero attached hydrogens (tertiary/aromatic N) is 2. The van der Waals surface area contributed by atoms with Crippen molar-refractivity contribution in [2.75, 3.05) is 6.54 Å². The number of hydrogen-bond donors (Lipinski definition) is 2. The van der Waals surface area contributed by atoms with Crippen LogP contribution in [0.15, 0.2) is 18.3 Å². The summed E-state index contributed by atoms with van der Waals surface area (Å²) in [6.07, 6.45) is 1.97. The predicted octanol–water partition coefficient (Wildman–Crippen LogP) is 2.33. The van der Waals surface area contributed by atoms with Crippen LogP contribution in [0.5, 0.6) is 5.88 Å². The molecule has 1 aliphatic carbocycles. The lowest BCUT2D eigenvalue weighted by atomic mass is 9.81. The van der Waals surface area contributed by atoms with Crippen LogP contribution < -0.4 is 15.4 Å². The highest BCUT2D eigenvalue weighted by Gasteiger charge is 2.34. The minimum atomic E-state index is -2.97. The van der Waals surface area contributed by atoms with Gasteiger partial charge in [0, 0.05) is 30.7 Å². The Morgan fingerprint density at radius 1 is 1.39 bits per heavy atom. The zero-order chi connectivity index (χ0) is 16.8. The first kappa shape index (κ1) is 17.3. The van der Waals surface area contributed by atoms with E-state index in [4.69, 9.17) is 0 Å². The van der Waals surface area contributed by atoms with Gasteiger partial charge < -0.3 is 15.4 Å². The Morgan fingerprint density at radius 2 is 2.13 bits per heavy atom. The second kappa shape index (κ2) is 7.95. The quantitative estimate of drug-likeness (QED) is 0.592. The van der Waals surface area contributed by atoms with Gasteiger partial charge in [-0.2, -0.15) is 8.78 Å². The molecule has 10 heteroatoms. The van der Waals surface area contributed by atoms with Gasteiger partial charge in [-0.05, 0) is 30.4 Å². The average molecular weight is 336 g/mol. The van der Waals surface area contributed by atoms with Crippen molar-refractivity contribution in [1.82, 2.24) is 21.0 Å². The minimum Gasteiger partial charge on any atom is -0.417 e. The third-order valence-electron chi connectivity index (χ3n) is 3.50. The first-order chi connectivity index (χ1) is 10.9. The molecule has 0 spiro atoms. The van der Waals surface area contributed by atoms with Gasteiger partial charge in [0.05, 0.1) is 6.04 Å². The maximum atomic E-state index is 12.1. The van der Waals surface area contributed by atoms with Crippen molar-refractivity contribution in [3.05, 3.63) is 23.9 Å². The molecule has 2 N–H and O–H groups in total. The molecule has 1 saturated carbocycles. The van der Waals surface area contributed by atoms with E-state index in [2.05, 4.69) is 20.4 Å². The van der Waals surface area contributed by atoms with E-state index in [1.165, 1.54) is 12.3 Å². The summed E-state index contributed by atoms with van der Waals surface area (Å²) in [5.74, 6) is -0.200. The molecular weight excluding hydrogens is 320 g/mol. The van der Waals surface area contributed by atoms with Crippen molar-refractivity contribution < 1.29 is 27.3 Å². The molecule has 2 rings (SSSR count). The number of carbonyl (C=O) groups is 1. The molecule has 0 unspecified atom stereocenters. The molecule has 0 aromatic carbocycles. The molecule has 1 aromatic heterocycles. The lowest BCUT2D eigenvalue weighted by Crippen LogP contribution is -2.45. The van der Waals surface area contributed by atoms with Crippen LogP contribution in [0.25, 0.3) is 0 Å². The van der Waals surface area contributed by atoms with Crippen molar-refractivity contribution in [3.63, 3.8) is 0 Å². The maximum absolute atomic E-state index is 12.1. The van der Waals surface area contributed by atoms with Crippen molar-refractivity contribution in [2.24, 2.45) is 5.92 Å². The molecule has 0 bridgehead atoms. The first-order valence-corrected chi connectivity index (χ1v) is 6.96. The summed E-state index contributed by atoms with van der Waals surface area (Å²) < 4.78 is 52.6. The maximum Gasteiger partial charge on any atom is 0.388 e. The molecule has 1 aliphatic rings. The topological polar surface area (TPSA) is 66.5 Å². The molecule has 6 nitrogen and oxygen atoms in total. The largest absolute Gasteiger partial charge is 0.417 e. The summed E-state index contributed by atoms with van der Waals surface area (Å²) in [6.45, 7) is -2.55. The Labute approximate surface area is 129 Å². The van der Waals surface area contributed by atoms with Gasteiger partial charge in [0.2, 0.25) is 5.88 Å². The van der Waals surface area contributed by atoms with Gasteiger partial charge in [0.15, 0.2) is 0 Å². The first-order valence-electron chi connectivity index (χ1n) is 6.96. The molecule has 1 fully saturated rings. The van der Waals surface area contributed by atoms with Crippen molar-refractivity contribution in [2.45, 2.75) is 32.0 Å². The molecule has 0 aliphatic heterocycles. The highest BCUT2D eigenvalue weighted by molar-refractivity contribution is 5.73. The number of amides is 2. The molecule has 128 valence electrons. The van der Waals surface area contributed by atoms with E-state index in [1.54, 1.807) is 6.07 Å². The Hall–Kier alpha value is -2.10. The number of aromatic nitrogens is 1. The Balaban J connectivity index is 1.66. The van der Waals surface area contributed by atoms with Crippen molar-refractivity contribution in [1.29, 1.82) is 0 Å². The SMILES string of the molecule is O=C(NCc1ccnc(OC(F)F)c1)NCC1CC(N(F)F)C1. The number of rotatable bonds is 7. The van der Waals surface area contributed by atoms with Crippen LogP contribution in [0.4, 0.5) is 22.5 Å². The summed E-state index contributed by atoms with van der Waals surface area (Å²) in [4.78, 5) is 15.2. The monoisotopic (exact) mass is 336 g/mol. The molecule has 0 saturated heterocycles. The third-order valence-corrected chi connectivity index (χ3v) is 3.50. The second-order valence-electron chi connectivity index (χ2n) is 5.19. The summed E-state index contributed by atoms with van der Waals surface area (Å²) in [5.41, 5.74) is 0.542. The normalized spacial score (nSPS) is 20.3. The fraction of sp³-hybridized carbons (Fsp3) is 0.538. The summed E-state index contributed by atoms with van der Waals surface area (Å²) >= 11 is 0. The molecule has 2 amide bonds. The summed E-state index contributed by atoms with van der Waals surface area (Å²) in [6, 6.07) is 1.65. The highest BCUT2D eigenvalue weighted by Crippen LogP contribution is 2.31. The number of nitrogens with one attached hydrogen (secondary N) is 2. The molecule has 0 atom stereocenters. The second-order valence-corrected chi connectivity index (χ2v) is 5.19. The van der Waals surface area contributed by atoms with E-state index in [0.717, 1.165) is 0 Å². The number of pyridine rings is 1. The minimum absolute atomic E-state index is 0.0340. The van der Waals surface area contributed by atoms with Crippen LogP contribution in [-0.4, -0.2) is 35.6 Å². The number of hydrogen-bond acceptors (Lipinski definition) is 4. The van der Waals surface area contributed by atoms with E-state index < -0.39 is 24.0 Å². The van der Waals surface area contributed by atoms with Crippen LogP contribution in [-0.2, 0) is 6.54 Å². The van der Waals surface area contributed by atoms with Crippen LogP contribution in [0.3, 0.4) is 0 Å². The zero-order valence-electron chi connectivity index (χ0n) is 12.0. The Kier molecular flexibility index (Phi) is 5.97. The van der Waals surface area contributed by atoms with E-state index in [9.17, 15) is 22.5 Å². The van der Waals surface area contributed by atoms with E-state index in [-0.39, 0.29) is 18.3 Å². The van der Waals surface area contributed by atoms with Gasteiger partial charge in [-0.15, -0.1) is 8.96 Å². The van der Waals surface area contributed by atoms with Gasteiger partial charge in [-0.3, -0.25) is 0 Å². The third kappa shape index (κ3) is 5.55. The van der Waals surface area contributed by atoms with Gasteiger partial charge in [-0.25, -0.2) is 9.78 Å². The zero-order valence-corrected chi connectivity index (χ0v) is 12.0. The number of halogens is 4. The summed E-state index contributed by atoms with van der Waals surface area (Å²) in [7, 11) is 0. The van der Waals surface area contributed by atoms with E-state index in [0.29, 0.717) is 24.9 Å². The molecule has 0 radical (unpaired) electrons. The van der Waals surface area contributed by atoms with Gasteiger partial charge in [0.25, 0.3) is 0 Å². The number of ether oxygens (including phenoxy) is 1. The molecule has 1 heterocycles. The smallest absolute Gasteiger partial charge is 0.388 e. The Bertz CT molecular complexity index is 526. The van der Waals surface area contributed by atoms with Gasteiger partial charge in [-0.1, -0.05) is 0 Å². The molecule has 23 heavy (non-hydrogen) atoms. The molecular formula is C13H16F4N4O2. The van der Waals surface area contributed by atoms with Crippen LogP contribution in [0.1, 0.15) is 18.4 Å². The lowest BCUT2D eigenvalue weighted by molar-refractivity contribution is -0.213. The number of carbonyl (C=O) groups excluding carboxylic acids is 1. The lowest BCUT2D eigenvalue weighted by Gasteiger charge is -2.34. The fourth-order valence-corrected chi connectivity index (χ4v) is 2.22. The van der Waals surface area contributed by atoms with Crippen LogP contribution in [0.2, 0.25) is 0 Å². The van der Waals surface area contributed by atoms with Gasteiger partial charge in [0.1, 0.15) is 0 Å². The number of alkyl halides is 2. The highest BCUT2D eigenvalue weighted by atomic mass is 19.4. The Morgan fingerprint density at radius 3 is 2.78 bits per heavy atom. The molecule has 1 aromatic rings. The summed E-state index contributed by atoms with van der Waals surface area (Å²) in [5, 5.41) is 4.31. The standard InChI is InChI=1S/C13H16F4N4O2/c14-12(15)23-11-5-8(1-2-18-11)6-19-13(22)20-7-9-3-10(4-9)21(16)17/h1-2,5,9-10,12H,3-4,6-7H2,(H2,19,20,22). The predicted molar refractivity (Wildman–Crippen MR) is 71.7 cm³/mol.